The van der Waals surface area contributed by atoms with Crippen molar-refractivity contribution in [3.05, 3.63) is 65.7 Å². The fourth-order valence-electron chi connectivity index (χ4n) is 2.71. The Morgan fingerprint density at radius 3 is 2.54 bits per heavy atom. The largest absolute Gasteiger partial charge is 0.337 e. The van der Waals surface area contributed by atoms with Crippen molar-refractivity contribution in [2.24, 2.45) is 5.92 Å². The van der Waals surface area contributed by atoms with Crippen LogP contribution in [0.2, 0.25) is 0 Å². The zero-order valence-corrected chi connectivity index (χ0v) is 12.8. The van der Waals surface area contributed by atoms with Crippen molar-refractivity contribution in [1.82, 2.24) is 4.90 Å². The molecule has 0 saturated carbocycles. The summed E-state index contributed by atoms with van der Waals surface area (Å²) in [6.45, 7) is 0.381. The summed E-state index contributed by atoms with van der Waals surface area (Å²) in [5, 5.41) is 2.67. The molecule has 2 aromatic carbocycles. The average Bonchev–Trinajstić information content (AvgIpc) is 2.93. The molecule has 1 unspecified atom stereocenters. The lowest BCUT2D eigenvalue weighted by Crippen LogP contribution is -2.28. The van der Waals surface area contributed by atoms with Gasteiger partial charge in [0.15, 0.2) is 0 Å². The summed E-state index contributed by atoms with van der Waals surface area (Å²) in [4.78, 5) is 25.8. The van der Waals surface area contributed by atoms with Crippen LogP contribution in [0.15, 0.2) is 48.5 Å². The molecule has 1 fully saturated rings. The van der Waals surface area contributed by atoms with Crippen molar-refractivity contribution in [1.29, 1.82) is 0 Å². The Kier molecular flexibility index (Phi) is 4.55. The molecule has 0 bridgehead atoms. The van der Waals surface area contributed by atoms with E-state index in [0.29, 0.717) is 11.3 Å². The lowest BCUT2D eigenvalue weighted by molar-refractivity contribution is -0.128. The number of nitrogens with zero attached hydrogens (tertiary/aromatic N) is 1. The van der Waals surface area contributed by atoms with Gasteiger partial charge in [-0.2, -0.15) is 0 Å². The molecule has 4 nitrogen and oxygen atoms in total. The molecule has 24 heavy (non-hydrogen) atoms. The molecule has 6 heteroatoms. The Bertz CT molecular complexity index is 762. The van der Waals surface area contributed by atoms with Gasteiger partial charge in [0.1, 0.15) is 11.6 Å². The summed E-state index contributed by atoms with van der Waals surface area (Å²) in [6.07, 6.45) is 0.0848. The Labute approximate surface area is 138 Å². The summed E-state index contributed by atoms with van der Waals surface area (Å²) in [7, 11) is 0. The molecule has 1 N–H and O–H groups in total. The van der Waals surface area contributed by atoms with E-state index in [-0.39, 0.29) is 43.0 Å². The smallest absolute Gasteiger partial charge is 0.229 e. The Morgan fingerprint density at radius 2 is 1.83 bits per heavy atom. The van der Waals surface area contributed by atoms with Crippen molar-refractivity contribution < 1.29 is 18.4 Å². The summed E-state index contributed by atoms with van der Waals surface area (Å²) in [5.41, 5.74) is 0.895. The monoisotopic (exact) mass is 330 g/mol. The first-order valence-corrected chi connectivity index (χ1v) is 7.60. The summed E-state index contributed by atoms with van der Waals surface area (Å²) in [6, 6.07) is 11.7. The number of anilines is 1. The summed E-state index contributed by atoms with van der Waals surface area (Å²) < 4.78 is 26.6. The standard InChI is InChI=1S/C18H16F2N2O2/c19-14-5-7-15(8-6-14)21-18(24)13-9-17(23)22(11-13)10-12-3-1-2-4-16(12)20/h1-8,13H,9-11H2,(H,21,24). The third-order valence-corrected chi connectivity index (χ3v) is 4.02. The predicted molar refractivity (Wildman–Crippen MR) is 85.0 cm³/mol. The molecule has 124 valence electrons. The van der Waals surface area contributed by atoms with E-state index in [9.17, 15) is 18.4 Å². The van der Waals surface area contributed by atoms with E-state index in [2.05, 4.69) is 5.32 Å². The quantitative estimate of drug-likeness (QED) is 0.937. The molecule has 1 aliphatic heterocycles. The molecule has 0 spiro atoms. The van der Waals surface area contributed by atoms with Crippen molar-refractivity contribution in [2.45, 2.75) is 13.0 Å². The van der Waals surface area contributed by atoms with Gasteiger partial charge in [0, 0.05) is 30.8 Å². The molecule has 1 heterocycles. The van der Waals surface area contributed by atoms with Gasteiger partial charge >= 0.3 is 0 Å². The van der Waals surface area contributed by atoms with Crippen molar-refractivity contribution in [3.8, 4) is 0 Å². The number of benzene rings is 2. The number of halogens is 2. The minimum atomic E-state index is -0.505. The van der Waals surface area contributed by atoms with Gasteiger partial charge in [0.05, 0.1) is 5.92 Å². The minimum absolute atomic E-state index is 0.0848. The number of likely N-dealkylation sites (tertiary alicyclic amines) is 1. The maximum Gasteiger partial charge on any atom is 0.229 e. The van der Waals surface area contributed by atoms with Crippen LogP contribution in [0.25, 0.3) is 0 Å². The Hall–Kier alpha value is -2.76. The van der Waals surface area contributed by atoms with Crippen LogP contribution >= 0.6 is 0 Å². The fourth-order valence-corrected chi connectivity index (χ4v) is 2.71. The molecule has 2 aromatic rings. The average molecular weight is 330 g/mol. The van der Waals surface area contributed by atoms with Crippen LogP contribution in [0.3, 0.4) is 0 Å². The molecule has 1 aliphatic rings. The molecule has 1 saturated heterocycles. The van der Waals surface area contributed by atoms with Crippen molar-refractivity contribution in [2.75, 3.05) is 11.9 Å². The van der Waals surface area contributed by atoms with E-state index < -0.39 is 5.92 Å². The van der Waals surface area contributed by atoms with Crippen LogP contribution in [0.5, 0.6) is 0 Å². The van der Waals surface area contributed by atoms with Crippen molar-refractivity contribution >= 4 is 17.5 Å². The highest BCUT2D eigenvalue weighted by molar-refractivity contribution is 5.97. The van der Waals surface area contributed by atoms with Gasteiger partial charge in [0.25, 0.3) is 0 Å². The van der Waals surface area contributed by atoms with E-state index >= 15 is 0 Å². The molecular weight excluding hydrogens is 314 g/mol. The summed E-state index contributed by atoms with van der Waals surface area (Å²) >= 11 is 0. The topological polar surface area (TPSA) is 49.4 Å². The van der Waals surface area contributed by atoms with Gasteiger partial charge in [-0.05, 0) is 30.3 Å². The maximum absolute atomic E-state index is 13.7. The second-order valence-corrected chi connectivity index (χ2v) is 5.76. The molecule has 1 atom stereocenters. The first-order valence-electron chi connectivity index (χ1n) is 7.60. The number of amides is 2. The molecule has 3 rings (SSSR count). The third kappa shape index (κ3) is 3.59. The minimum Gasteiger partial charge on any atom is -0.337 e. The number of carbonyl (C=O) groups is 2. The van der Waals surface area contributed by atoms with Gasteiger partial charge in [-0.1, -0.05) is 18.2 Å². The fraction of sp³-hybridized carbons (Fsp3) is 0.222. The number of hydrogen-bond donors (Lipinski definition) is 1. The lowest BCUT2D eigenvalue weighted by Gasteiger charge is -2.17. The predicted octanol–water partition coefficient (Wildman–Crippen LogP) is 2.95. The Morgan fingerprint density at radius 1 is 1.12 bits per heavy atom. The van der Waals surface area contributed by atoms with Crippen LogP contribution in [0.1, 0.15) is 12.0 Å². The van der Waals surface area contributed by atoms with E-state index in [0.717, 1.165) is 0 Å². The van der Waals surface area contributed by atoms with Crippen molar-refractivity contribution in [3.63, 3.8) is 0 Å². The van der Waals surface area contributed by atoms with Crippen LogP contribution < -0.4 is 5.32 Å². The van der Waals surface area contributed by atoms with E-state index in [1.807, 2.05) is 0 Å². The highest BCUT2D eigenvalue weighted by atomic mass is 19.1. The maximum atomic E-state index is 13.7. The number of hydrogen-bond acceptors (Lipinski definition) is 2. The van der Waals surface area contributed by atoms with Gasteiger partial charge < -0.3 is 10.2 Å². The van der Waals surface area contributed by atoms with Crippen LogP contribution in [0.4, 0.5) is 14.5 Å². The summed E-state index contributed by atoms with van der Waals surface area (Å²) in [5.74, 6) is -1.75. The highest BCUT2D eigenvalue weighted by Crippen LogP contribution is 2.22. The van der Waals surface area contributed by atoms with Gasteiger partial charge in [-0.25, -0.2) is 8.78 Å². The highest BCUT2D eigenvalue weighted by Gasteiger charge is 2.34. The normalized spacial score (nSPS) is 17.2. The second kappa shape index (κ2) is 6.78. The SMILES string of the molecule is O=C(Nc1ccc(F)cc1)C1CC(=O)N(Cc2ccccc2F)C1. The molecule has 2 amide bonds. The first-order chi connectivity index (χ1) is 11.5. The zero-order valence-electron chi connectivity index (χ0n) is 12.8. The van der Waals surface area contributed by atoms with Crippen LogP contribution in [-0.2, 0) is 16.1 Å². The molecule has 0 aromatic heterocycles. The van der Waals surface area contributed by atoms with E-state index in [1.54, 1.807) is 18.2 Å². The first kappa shape index (κ1) is 16.1. The number of rotatable bonds is 4. The van der Waals surface area contributed by atoms with Gasteiger partial charge in [-0.3, -0.25) is 9.59 Å². The van der Waals surface area contributed by atoms with Crippen LogP contribution in [-0.4, -0.2) is 23.3 Å². The third-order valence-electron chi connectivity index (χ3n) is 4.02. The second-order valence-electron chi connectivity index (χ2n) is 5.76. The van der Waals surface area contributed by atoms with Gasteiger partial charge in [0.2, 0.25) is 11.8 Å². The Balaban J connectivity index is 1.62. The molecule has 0 aliphatic carbocycles. The number of carbonyl (C=O) groups excluding carboxylic acids is 2. The van der Waals surface area contributed by atoms with Gasteiger partial charge in [-0.15, -0.1) is 0 Å². The van der Waals surface area contributed by atoms with E-state index in [4.69, 9.17) is 0 Å². The molecular formula is C18H16F2N2O2. The van der Waals surface area contributed by atoms with Crippen LogP contribution in [0, 0.1) is 17.6 Å². The van der Waals surface area contributed by atoms with E-state index in [1.165, 1.54) is 35.2 Å². The molecule has 0 radical (unpaired) electrons. The number of nitrogens with one attached hydrogen (secondary N) is 1. The lowest BCUT2D eigenvalue weighted by atomic mass is 10.1. The zero-order chi connectivity index (χ0) is 17.1.